The van der Waals surface area contributed by atoms with Crippen LogP contribution in [0.25, 0.3) is 0 Å². The highest BCUT2D eigenvalue weighted by atomic mass is 32.2. The van der Waals surface area contributed by atoms with Crippen LogP contribution in [0.15, 0.2) is 47.4 Å². The van der Waals surface area contributed by atoms with E-state index in [4.69, 9.17) is 4.74 Å². The van der Waals surface area contributed by atoms with Crippen LogP contribution in [0.5, 0.6) is 5.75 Å². The number of sulfonamides is 1. The van der Waals surface area contributed by atoms with Gasteiger partial charge in [-0.25, -0.2) is 8.42 Å². The van der Waals surface area contributed by atoms with Gasteiger partial charge in [-0.1, -0.05) is 24.3 Å². The minimum atomic E-state index is -3.57. The lowest BCUT2D eigenvalue weighted by molar-refractivity contribution is 0.327. The maximum Gasteiger partial charge on any atom is 0.246 e. The average Bonchev–Trinajstić information content (AvgIpc) is 2.62. The van der Waals surface area contributed by atoms with Gasteiger partial charge in [0.2, 0.25) is 10.0 Å². The number of piperazine rings is 1. The van der Waals surface area contributed by atoms with Gasteiger partial charge in [0.15, 0.2) is 0 Å². The summed E-state index contributed by atoms with van der Waals surface area (Å²) in [6.45, 7) is 8.61. The van der Waals surface area contributed by atoms with Crippen molar-refractivity contribution in [3.8, 4) is 5.75 Å². The summed E-state index contributed by atoms with van der Waals surface area (Å²) in [5, 5.41) is 0. The van der Waals surface area contributed by atoms with Crippen molar-refractivity contribution in [3.63, 3.8) is 0 Å². The SMILES string of the molecule is CCOc1cc(C)ccc1S(=O)(=O)N1CCN(c2ccccc2C)CC1. The molecule has 0 saturated carbocycles. The summed E-state index contributed by atoms with van der Waals surface area (Å²) in [7, 11) is -3.57. The number of anilines is 1. The third kappa shape index (κ3) is 3.71. The van der Waals surface area contributed by atoms with Gasteiger partial charge in [-0.3, -0.25) is 0 Å². The predicted molar refractivity (Wildman–Crippen MR) is 104 cm³/mol. The monoisotopic (exact) mass is 374 g/mol. The minimum Gasteiger partial charge on any atom is -0.492 e. The molecule has 1 fully saturated rings. The molecule has 1 saturated heterocycles. The molecule has 1 aliphatic heterocycles. The van der Waals surface area contributed by atoms with Gasteiger partial charge in [0, 0.05) is 31.9 Å². The fraction of sp³-hybridized carbons (Fsp3) is 0.400. The van der Waals surface area contributed by atoms with E-state index < -0.39 is 10.0 Å². The third-order valence-corrected chi connectivity index (χ3v) is 6.65. The molecular weight excluding hydrogens is 348 g/mol. The van der Waals surface area contributed by atoms with Crippen molar-refractivity contribution in [2.24, 2.45) is 0 Å². The Labute approximate surface area is 156 Å². The topological polar surface area (TPSA) is 49.9 Å². The average molecular weight is 375 g/mol. The Kier molecular flexibility index (Phi) is 5.53. The van der Waals surface area contributed by atoms with E-state index in [0.717, 1.165) is 5.56 Å². The maximum atomic E-state index is 13.1. The van der Waals surface area contributed by atoms with Crippen LogP contribution in [-0.2, 0) is 10.0 Å². The van der Waals surface area contributed by atoms with Crippen LogP contribution in [0.3, 0.4) is 0 Å². The summed E-state index contributed by atoms with van der Waals surface area (Å²) < 4.78 is 33.4. The molecule has 2 aromatic rings. The van der Waals surface area contributed by atoms with E-state index in [2.05, 4.69) is 24.0 Å². The standard InChI is InChI=1S/C20H26N2O3S/c1-4-25-19-15-16(2)9-10-20(19)26(23,24)22-13-11-21(12-14-22)18-8-6-5-7-17(18)3/h5-10,15H,4,11-14H2,1-3H3. The zero-order valence-electron chi connectivity index (χ0n) is 15.6. The third-order valence-electron chi connectivity index (χ3n) is 4.71. The first-order valence-corrected chi connectivity index (χ1v) is 10.4. The summed E-state index contributed by atoms with van der Waals surface area (Å²) in [5.74, 6) is 0.439. The Morgan fingerprint density at radius 2 is 1.69 bits per heavy atom. The van der Waals surface area contributed by atoms with Crippen molar-refractivity contribution in [1.82, 2.24) is 4.31 Å². The fourth-order valence-electron chi connectivity index (χ4n) is 3.32. The molecule has 2 aromatic carbocycles. The molecule has 0 aliphatic carbocycles. The Bertz CT molecular complexity index is 872. The largest absolute Gasteiger partial charge is 0.492 e. The van der Waals surface area contributed by atoms with E-state index in [9.17, 15) is 8.42 Å². The zero-order chi connectivity index (χ0) is 18.7. The van der Waals surface area contributed by atoms with E-state index in [-0.39, 0.29) is 4.90 Å². The molecule has 0 bridgehead atoms. The molecule has 5 nitrogen and oxygen atoms in total. The Morgan fingerprint density at radius 1 is 1.00 bits per heavy atom. The van der Waals surface area contributed by atoms with Crippen molar-refractivity contribution < 1.29 is 13.2 Å². The summed E-state index contributed by atoms with van der Waals surface area (Å²) >= 11 is 0. The summed E-state index contributed by atoms with van der Waals surface area (Å²) in [4.78, 5) is 2.51. The second-order valence-corrected chi connectivity index (χ2v) is 8.47. The Morgan fingerprint density at radius 3 is 2.35 bits per heavy atom. The summed E-state index contributed by atoms with van der Waals surface area (Å²) in [5.41, 5.74) is 3.37. The Balaban J connectivity index is 1.80. The van der Waals surface area contributed by atoms with Gasteiger partial charge in [-0.2, -0.15) is 4.31 Å². The van der Waals surface area contributed by atoms with Crippen LogP contribution in [0.1, 0.15) is 18.1 Å². The van der Waals surface area contributed by atoms with Gasteiger partial charge < -0.3 is 9.64 Å². The molecule has 26 heavy (non-hydrogen) atoms. The molecule has 0 spiro atoms. The molecule has 140 valence electrons. The van der Waals surface area contributed by atoms with Crippen molar-refractivity contribution in [2.75, 3.05) is 37.7 Å². The van der Waals surface area contributed by atoms with Gasteiger partial charge in [0.1, 0.15) is 10.6 Å². The molecule has 1 aliphatic rings. The first-order chi connectivity index (χ1) is 12.4. The molecule has 0 unspecified atom stereocenters. The van der Waals surface area contributed by atoms with Crippen LogP contribution in [0.4, 0.5) is 5.69 Å². The van der Waals surface area contributed by atoms with E-state index in [0.29, 0.717) is 38.5 Å². The molecule has 0 amide bonds. The summed E-state index contributed by atoms with van der Waals surface area (Å²) in [6.07, 6.45) is 0. The van der Waals surface area contributed by atoms with Crippen LogP contribution < -0.4 is 9.64 Å². The van der Waals surface area contributed by atoms with E-state index >= 15 is 0 Å². The number of benzene rings is 2. The number of hydrogen-bond donors (Lipinski definition) is 0. The van der Waals surface area contributed by atoms with E-state index in [1.807, 2.05) is 32.0 Å². The van der Waals surface area contributed by atoms with Crippen LogP contribution in [0, 0.1) is 13.8 Å². The lowest BCUT2D eigenvalue weighted by atomic mass is 10.1. The highest BCUT2D eigenvalue weighted by molar-refractivity contribution is 7.89. The van der Waals surface area contributed by atoms with E-state index in [1.165, 1.54) is 11.3 Å². The summed E-state index contributed by atoms with van der Waals surface area (Å²) in [6, 6.07) is 13.5. The normalized spacial score (nSPS) is 15.9. The zero-order valence-corrected chi connectivity index (χ0v) is 16.4. The molecule has 0 aromatic heterocycles. The lowest BCUT2D eigenvalue weighted by Gasteiger charge is -2.36. The van der Waals surface area contributed by atoms with Gasteiger partial charge in [0.25, 0.3) is 0 Å². The van der Waals surface area contributed by atoms with Gasteiger partial charge >= 0.3 is 0 Å². The maximum absolute atomic E-state index is 13.1. The van der Waals surface area contributed by atoms with Crippen molar-refractivity contribution in [1.29, 1.82) is 0 Å². The fourth-order valence-corrected chi connectivity index (χ4v) is 4.86. The first-order valence-electron chi connectivity index (χ1n) is 8.97. The lowest BCUT2D eigenvalue weighted by Crippen LogP contribution is -2.48. The number of nitrogens with zero attached hydrogens (tertiary/aromatic N) is 2. The smallest absolute Gasteiger partial charge is 0.246 e. The molecule has 6 heteroatoms. The van der Waals surface area contributed by atoms with E-state index in [1.54, 1.807) is 16.4 Å². The van der Waals surface area contributed by atoms with Crippen LogP contribution in [-0.4, -0.2) is 45.5 Å². The quantitative estimate of drug-likeness (QED) is 0.806. The molecule has 1 heterocycles. The molecule has 3 rings (SSSR count). The number of para-hydroxylation sites is 1. The van der Waals surface area contributed by atoms with Crippen LogP contribution >= 0.6 is 0 Å². The number of ether oxygens (including phenoxy) is 1. The van der Waals surface area contributed by atoms with Crippen molar-refractivity contribution in [2.45, 2.75) is 25.7 Å². The van der Waals surface area contributed by atoms with Crippen LogP contribution in [0.2, 0.25) is 0 Å². The Hall–Kier alpha value is -2.05. The molecular formula is C20H26N2O3S. The second-order valence-electron chi connectivity index (χ2n) is 6.56. The number of hydrogen-bond acceptors (Lipinski definition) is 4. The minimum absolute atomic E-state index is 0.259. The first kappa shape index (κ1) is 18.7. The second kappa shape index (κ2) is 7.68. The molecule has 0 atom stereocenters. The molecule has 0 N–H and O–H groups in total. The number of aryl methyl sites for hydroxylation is 2. The molecule has 0 radical (unpaired) electrons. The van der Waals surface area contributed by atoms with Crippen molar-refractivity contribution in [3.05, 3.63) is 53.6 Å². The number of rotatable bonds is 5. The highest BCUT2D eigenvalue weighted by Gasteiger charge is 2.31. The van der Waals surface area contributed by atoms with Gasteiger partial charge in [-0.15, -0.1) is 0 Å². The van der Waals surface area contributed by atoms with Gasteiger partial charge in [0.05, 0.1) is 6.61 Å². The highest BCUT2D eigenvalue weighted by Crippen LogP contribution is 2.29. The van der Waals surface area contributed by atoms with Gasteiger partial charge in [-0.05, 0) is 50.1 Å². The predicted octanol–water partition coefficient (Wildman–Crippen LogP) is 3.21. The van der Waals surface area contributed by atoms with Crippen molar-refractivity contribution >= 4 is 15.7 Å².